The number of benzene rings is 1. The maximum Gasteiger partial charge on any atom is 0.410 e. The average Bonchev–Trinajstić information content (AvgIpc) is 2.88. The number of carbonyl (C=O) groups excluding carboxylic acids is 1. The Balaban J connectivity index is 1.89. The second kappa shape index (κ2) is 6.57. The Morgan fingerprint density at radius 1 is 1.42 bits per heavy atom. The largest absolute Gasteiger partial charge is 0.445 e. The number of aliphatic hydroxyl groups is 1. The Hall–Kier alpha value is -1.55. The molecule has 1 fully saturated rings. The van der Waals surface area contributed by atoms with Crippen molar-refractivity contribution < 1.29 is 14.6 Å². The summed E-state index contributed by atoms with van der Waals surface area (Å²) in [4.78, 5) is 13.8. The molecule has 4 heteroatoms. The lowest BCUT2D eigenvalue weighted by molar-refractivity contribution is 0.0829. The third-order valence-corrected chi connectivity index (χ3v) is 3.78. The zero-order chi connectivity index (χ0) is 13.7. The zero-order valence-electron chi connectivity index (χ0n) is 11.3. The summed E-state index contributed by atoms with van der Waals surface area (Å²) in [5.41, 5.74) is 0.988. The molecule has 2 atom stereocenters. The molecule has 0 saturated carbocycles. The first kappa shape index (κ1) is 13.9. The van der Waals surface area contributed by atoms with Gasteiger partial charge in [-0.2, -0.15) is 0 Å². The third kappa shape index (κ3) is 3.26. The van der Waals surface area contributed by atoms with Crippen LogP contribution < -0.4 is 0 Å². The molecule has 1 saturated heterocycles. The van der Waals surface area contributed by atoms with E-state index in [1.807, 2.05) is 37.3 Å². The van der Waals surface area contributed by atoms with E-state index in [0.717, 1.165) is 18.4 Å². The molecule has 1 aliphatic heterocycles. The predicted molar refractivity (Wildman–Crippen MR) is 72.6 cm³/mol. The number of aliphatic hydroxyl groups excluding tert-OH is 1. The highest BCUT2D eigenvalue weighted by atomic mass is 16.6. The second-order valence-electron chi connectivity index (χ2n) is 4.94. The molecule has 4 nitrogen and oxygen atoms in total. The molecule has 2 unspecified atom stereocenters. The van der Waals surface area contributed by atoms with Crippen molar-refractivity contribution >= 4 is 6.09 Å². The van der Waals surface area contributed by atoms with Crippen LogP contribution in [0.15, 0.2) is 30.3 Å². The number of hydrogen-bond donors (Lipinski definition) is 1. The van der Waals surface area contributed by atoms with Crippen molar-refractivity contribution in [3.63, 3.8) is 0 Å². The van der Waals surface area contributed by atoms with Gasteiger partial charge in [-0.25, -0.2) is 4.79 Å². The topological polar surface area (TPSA) is 49.8 Å². The molecule has 104 valence electrons. The maximum absolute atomic E-state index is 12.1. The molecule has 1 amide bonds. The first-order valence-corrected chi connectivity index (χ1v) is 6.84. The summed E-state index contributed by atoms with van der Waals surface area (Å²) < 4.78 is 5.34. The maximum atomic E-state index is 12.1. The molecule has 0 radical (unpaired) electrons. The van der Waals surface area contributed by atoms with Gasteiger partial charge in [-0.1, -0.05) is 37.3 Å². The van der Waals surface area contributed by atoms with Gasteiger partial charge in [0, 0.05) is 25.1 Å². The van der Waals surface area contributed by atoms with Crippen LogP contribution in [-0.2, 0) is 11.3 Å². The Bertz CT molecular complexity index is 407. The Morgan fingerprint density at radius 3 is 2.79 bits per heavy atom. The van der Waals surface area contributed by atoms with Crippen molar-refractivity contribution in [1.82, 2.24) is 4.90 Å². The fraction of sp³-hybridized carbons (Fsp3) is 0.533. The molecule has 0 aliphatic carbocycles. The molecule has 0 bridgehead atoms. The number of ether oxygens (including phenoxy) is 1. The van der Waals surface area contributed by atoms with Crippen LogP contribution in [0.2, 0.25) is 0 Å². The highest BCUT2D eigenvalue weighted by Crippen LogP contribution is 2.27. The lowest BCUT2D eigenvalue weighted by Gasteiger charge is -2.25. The molecule has 1 aliphatic rings. The van der Waals surface area contributed by atoms with E-state index in [9.17, 15) is 9.90 Å². The van der Waals surface area contributed by atoms with E-state index in [2.05, 4.69) is 0 Å². The van der Waals surface area contributed by atoms with Crippen molar-refractivity contribution in [2.75, 3.05) is 13.2 Å². The van der Waals surface area contributed by atoms with Crippen LogP contribution in [0.1, 0.15) is 25.3 Å². The van der Waals surface area contributed by atoms with E-state index >= 15 is 0 Å². The molecular formula is C15H21NO3. The highest BCUT2D eigenvalue weighted by Gasteiger charge is 2.36. The van der Waals surface area contributed by atoms with Crippen LogP contribution in [0, 0.1) is 5.92 Å². The average molecular weight is 263 g/mol. The van der Waals surface area contributed by atoms with Crippen molar-refractivity contribution in [3.8, 4) is 0 Å². The van der Waals surface area contributed by atoms with Gasteiger partial charge >= 0.3 is 6.09 Å². The van der Waals surface area contributed by atoms with E-state index in [-0.39, 0.29) is 24.7 Å². The van der Waals surface area contributed by atoms with Crippen molar-refractivity contribution in [2.24, 2.45) is 5.92 Å². The van der Waals surface area contributed by atoms with Crippen LogP contribution >= 0.6 is 0 Å². The van der Waals surface area contributed by atoms with Gasteiger partial charge in [-0.3, -0.25) is 0 Å². The van der Waals surface area contributed by atoms with Gasteiger partial charge in [-0.15, -0.1) is 0 Å². The van der Waals surface area contributed by atoms with Gasteiger partial charge < -0.3 is 14.7 Å². The molecule has 0 aromatic heterocycles. The van der Waals surface area contributed by atoms with Crippen LogP contribution in [0.25, 0.3) is 0 Å². The van der Waals surface area contributed by atoms with E-state index in [1.54, 1.807) is 4.90 Å². The number of nitrogens with zero attached hydrogens (tertiary/aromatic N) is 1. The summed E-state index contributed by atoms with van der Waals surface area (Å²) in [5, 5.41) is 9.30. The van der Waals surface area contributed by atoms with Crippen LogP contribution in [0.5, 0.6) is 0 Å². The zero-order valence-corrected chi connectivity index (χ0v) is 11.3. The number of hydrogen-bond acceptors (Lipinski definition) is 3. The quantitative estimate of drug-likeness (QED) is 0.907. The summed E-state index contributed by atoms with van der Waals surface area (Å²) in [5.74, 6) is 0.189. The molecule has 1 aromatic rings. The molecule has 1 aromatic carbocycles. The number of rotatable bonds is 4. The standard InChI is InChI=1S/C15H21NO3/c1-2-14-13(10-17)8-9-16(14)15(18)19-11-12-6-4-3-5-7-12/h3-7,13-14,17H,2,8-11H2,1H3. The summed E-state index contributed by atoms with van der Waals surface area (Å²) in [7, 11) is 0. The number of amides is 1. The SMILES string of the molecule is CCC1C(CO)CCN1C(=O)OCc1ccccc1. The van der Waals surface area contributed by atoms with Gasteiger partial charge in [0.05, 0.1) is 0 Å². The highest BCUT2D eigenvalue weighted by molar-refractivity contribution is 5.68. The fourth-order valence-corrected chi connectivity index (χ4v) is 2.71. The Morgan fingerprint density at radius 2 is 2.16 bits per heavy atom. The first-order valence-electron chi connectivity index (χ1n) is 6.84. The number of likely N-dealkylation sites (tertiary alicyclic amines) is 1. The van der Waals surface area contributed by atoms with Crippen LogP contribution in [-0.4, -0.2) is 35.3 Å². The molecule has 19 heavy (non-hydrogen) atoms. The summed E-state index contributed by atoms with van der Waals surface area (Å²) in [6.45, 7) is 3.16. The van der Waals surface area contributed by atoms with Crippen molar-refractivity contribution in [1.29, 1.82) is 0 Å². The van der Waals surface area contributed by atoms with E-state index in [0.29, 0.717) is 13.2 Å². The van der Waals surface area contributed by atoms with Crippen molar-refractivity contribution in [3.05, 3.63) is 35.9 Å². The smallest absolute Gasteiger partial charge is 0.410 e. The molecule has 1 N–H and O–H groups in total. The monoisotopic (exact) mass is 263 g/mol. The summed E-state index contributed by atoms with van der Waals surface area (Å²) in [6, 6.07) is 9.76. The minimum absolute atomic E-state index is 0.105. The lowest BCUT2D eigenvalue weighted by atomic mass is 10.00. The number of carbonyl (C=O) groups is 1. The van der Waals surface area contributed by atoms with Crippen molar-refractivity contribution in [2.45, 2.75) is 32.4 Å². The van der Waals surface area contributed by atoms with E-state index < -0.39 is 0 Å². The first-order chi connectivity index (χ1) is 9.26. The van der Waals surface area contributed by atoms with Gasteiger partial charge in [0.15, 0.2) is 0 Å². The molecule has 2 rings (SSSR count). The normalized spacial score (nSPS) is 22.5. The second-order valence-corrected chi connectivity index (χ2v) is 4.94. The lowest BCUT2D eigenvalue weighted by Crippen LogP contribution is -2.38. The third-order valence-electron chi connectivity index (χ3n) is 3.78. The molecular weight excluding hydrogens is 242 g/mol. The minimum atomic E-state index is -0.272. The van der Waals surface area contributed by atoms with Crippen LogP contribution in [0.4, 0.5) is 4.79 Å². The summed E-state index contributed by atoms with van der Waals surface area (Å²) >= 11 is 0. The van der Waals surface area contributed by atoms with Gasteiger partial charge in [-0.05, 0) is 18.4 Å². The van der Waals surface area contributed by atoms with Crippen LogP contribution in [0.3, 0.4) is 0 Å². The fourth-order valence-electron chi connectivity index (χ4n) is 2.71. The Labute approximate surface area is 114 Å². The summed E-state index contributed by atoms with van der Waals surface area (Å²) in [6.07, 6.45) is 1.44. The minimum Gasteiger partial charge on any atom is -0.445 e. The van der Waals surface area contributed by atoms with E-state index in [1.165, 1.54) is 0 Å². The Kier molecular flexibility index (Phi) is 4.80. The van der Waals surface area contributed by atoms with Gasteiger partial charge in [0.1, 0.15) is 6.61 Å². The molecule has 0 spiro atoms. The molecule has 1 heterocycles. The van der Waals surface area contributed by atoms with Gasteiger partial charge in [0.25, 0.3) is 0 Å². The predicted octanol–water partition coefficient (Wildman–Crippen LogP) is 2.42. The van der Waals surface area contributed by atoms with Gasteiger partial charge in [0.2, 0.25) is 0 Å². The van der Waals surface area contributed by atoms with E-state index in [4.69, 9.17) is 4.74 Å².